The Morgan fingerprint density at radius 2 is 1.94 bits per heavy atom. The number of rotatable bonds is 1. The highest BCUT2D eigenvalue weighted by molar-refractivity contribution is 5.81. The smallest absolute Gasteiger partial charge is 0.132 e. The highest BCUT2D eigenvalue weighted by Crippen LogP contribution is 2.32. The number of aromatic nitrogens is 1. The standard InChI is InChI=1S/C14H15NO/c16-13-4-1-10(2-5-13)11-3-6-14-12(9-11)7-8-15-14/h3,6-10,15H,1-2,4-5H2. The number of carbonyl (C=O) groups excluding carboxylic acids is 1. The Morgan fingerprint density at radius 1 is 1.12 bits per heavy atom. The maximum Gasteiger partial charge on any atom is 0.132 e. The van der Waals surface area contributed by atoms with Crippen molar-refractivity contribution in [2.45, 2.75) is 31.6 Å². The second kappa shape index (κ2) is 3.78. The minimum atomic E-state index is 0.430. The van der Waals surface area contributed by atoms with E-state index in [9.17, 15) is 4.79 Å². The van der Waals surface area contributed by atoms with Crippen molar-refractivity contribution in [3.63, 3.8) is 0 Å². The Hall–Kier alpha value is -1.57. The molecule has 1 saturated carbocycles. The fraction of sp³-hybridized carbons (Fsp3) is 0.357. The number of hydrogen-bond donors (Lipinski definition) is 1. The third-order valence-electron chi connectivity index (χ3n) is 3.59. The van der Waals surface area contributed by atoms with Gasteiger partial charge in [-0.1, -0.05) is 6.07 Å². The van der Waals surface area contributed by atoms with Gasteiger partial charge in [-0.2, -0.15) is 0 Å². The van der Waals surface area contributed by atoms with Crippen LogP contribution in [0, 0.1) is 0 Å². The first-order valence-electron chi connectivity index (χ1n) is 5.92. The van der Waals surface area contributed by atoms with Crippen LogP contribution in [0.4, 0.5) is 0 Å². The molecule has 1 aliphatic carbocycles. The van der Waals surface area contributed by atoms with E-state index in [1.54, 1.807) is 0 Å². The van der Waals surface area contributed by atoms with E-state index in [1.807, 2.05) is 6.20 Å². The number of nitrogens with one attached hydrogen (secondary N) is 1. The maximum atomic E-state index is 11.2. The lowest BCUT2D eigenvalue weighted by Gasteiger charge is -2.21. The lowest BCUT2D eigenvalue weighted by atomic mass is 9.83. The summed E-state index contributed by atoms with van der Waals surface area (Å²) in [6.45, 7) is 0. The van der Waals surface area contributed by atoms with Crippen LogP contribution in [0.25, 0.3) is 10.9 Å². The van der Waals surface area contributed by atoms with Crippen LogP contribution in [0.2, 0.25) is 0 Å². The number of benzene rings is 1. The van der Waals surface area contributed by atoms with E-state index >= 15 is 0 Å². The fourth-order valence-corrected chi connectivity index (χ4v) is 2.60. The Labute approximate surface area is 94.7 Å². The van der Waals surface area contributed by atoms with E-state index in [1.165, 1.54) is 16.5 Å². The molecule has 0 unspecified atom stereocenters. The molecule has 0 bridgehead atoms. The van der Waals surface area contributed by atoms with Crippen molar-refractivity contribution >= 4 is 16.7 Å². The predicted molar refractivity (Wildman–Crippen MR) is 64.5 cm³/mol. The first-order chi connectivity index (χ1) is 7.83. The second-order valence-corrected chi connectivity index (χ2v) is 4.64. The summed E-state index contributed by atoms with van der Waals surface area (Å²) in [6, 6.07) is 8.69. The van der Waals surface area contributed by atoms with Gasteiger partial charge in [0.2, 0.25) is 0 Å². The summed E-state index contributed by atoms with van der Waals surface area (Å²) in [5, 5.41) is 1.27. The molecule has 0 spiro atoms. The lowest BCUT2D eigenvalue weighted by molar-refractivity contribution is -0.120. The molecular weight excluding hydrogens is 198 g/mol. The number of fused-ring (bicyclic) bond motifs is 1. The van der Waals surface area contributed by atoms with Crippen molar-refractivity contribution in [2.75, 3.05) is 0 Å². The van der Waals surface area contributed by atoms with Crippen LogP contribution in [0.1, 0.15) is 37.2 Å². The number of carbonyl (C=O) groups is 1. The van der Waals surface area contributed by atoms with Crippen LogP contribution in [-0.4, -0.2) is 10.8 Å². The zero-order valence-electron chi connectivity index (χ0n) is 9.20. The number of Topliss-reactive ketones (excluding diaryl/α,β-unsaturated/α-hetero) is 1. The molecule has 1 aromatic carbocycles. The maximum absolute atomic E-state index is 11.2. The molecule has 2 heteroatoms. The quantitative estimate of drug-likeness (QED) is 0.773. The SMILES string of the molecule is O=C1CCC(c2ccc3[nH]ccc3c2)CC1. The van der Waals surface area contributed by atoms with E-state index in [0.29, 0.717) is 11.7 Å². The second-order valence-electron chi connectivity index (χ2n) is 4.64. The van der Waals surface area contributed by atoms with Crippen LogP contribution < -0.4 is 0 Å². The van der Waals surface area contributed by atoms with Crippen LogP contribution in [0.15, 0.2) is 30.5 Å². The Bertz CT molecular complexity index is 516. The summed E-state index contributed by atoms with van der Waals surface area (Å²) in [5.41, 5.74) is 2.58. The summed E-state index contributed by atoms with van der Waals surface area (Å²) in [6.07, 6.45) is 5.54. The molecule has 1 aromatic heterocycles. The molecule has 1 N–H and O–H groups in total. The summed E-state index contributed by atoms with van der Waals surface area (Å²) >= 11 is 0. The number of aromatic amines is 1. The van der Waals surface area contributed by atoms with Crippen molar-refractivity contribution in [1.29, 1.82) is 0 Å². The molecule has 0 radical (unpaired) electrons. The van der Waals surface area contributed by atoms with E-state index in [4.69, 9.17) is 0 Å². The van der Waals surface area contributed by atoms with E-state index in [-0.39, 0.29) is 0 Å². The van der Waals surface area contributed by atoms with Crippen LogP contribution in [-0.2, 0) is 4.79 Å². The van der Waals surface area contributed by atoms with E-state index in [2.05, 4.69) is 29.2 Å². The molecule has 0 amide bonds. The van der Waals surface area contributed by atoms with Gasteiger partial charge in [0.1, 0.15) is 5.78 Å². The van der Waals surface area contributed by atoms with Gasteiger partial charge in [-0.3, -0.25) is 4.79 Å². The van der Waals surface area contributed by atoms with Crippen LogP contribution >= 0.6 is 0 Å². The van der Waals surface area contributed by atoms with Gasteiger partial charge in [0.25, 0.3) is 0 Å². The summed E-state index contributed by atoms with van der Waals surface area (Å²) in [4.78, 5) is 14.4. The number of ketones is 1. The average Bonchev–Trinajstić information content (AvgIpc) is 2.77. The number of H-pyrrole nitrogens is 1. The van der Waals surface area contributed by atoms with Gasteiger partial charge in [-0.05, 0) is 47.9 Å². The van der Waals surface area contributed by atoms with E-state index in [0.717, 1.165) is 25.7 Å². The van der Waals surface area contributed by atoms with Crippen molar-refractivity contribution in [3.05, 3.63) is 36.0 Å². The topological polar surface area (TPSA) is 32.9 Å². The zero-order chi connectivity index (χ0) is 11.0. The molecule has 3 rings (SSSR count). The third kappa shape index (κ3) is 1.64. The normalized spacial score (nSPS) is 18.1. The Kier molecular flexibility index (Phi) is 2.28. The highest BCUT2D eigenvalue weighted by atomic mass is 16.1. The fourth-order valence-electron chi connectivity index (χ4n) is 2.60. The van der Waals surface area contributed by atoms with Crippen molar-refractivity contribution in [2.24, 2.45) is 0 Å². The van der Waals surface area contributed by atoms with Crippen molar-refractivity contribution in [3.8, 4) is 0 Å². The lowest BCUT2D eigenvalue weighted by Crippen LogP contribution is -2.12. The van der Waals surface area contributed by atoms with Gasteiger partial charge in [0.05, 0.1) is 0 Å². The largest absolute Gasteiger partial charge is 0.361 e. The molecule has 0 saturated heterocycles. The van der Waals surface area contributed by atoms with Crippen LogP contribution in [0.3, 0.4) is 0 Å². The van der Waals surface area contributed by atoms with E-state index < -0.39 is 0 Å². The van der Waals surface area contributed by atoms with Gasteiger partial charge in [-0.15, -0.1) is 0 Å². The minimum Gasteiger partial charge on any atom is -0.361 e. The molecule has 0 aliphatic heterocycles. The first kappa shape index (κ1) is 9.64. The molecule has 1 fully saturated rings. The average molecular weight is 213 g/mol. The highest BCUT2D eigenvalue weighted by Gasteiger charge is 2.20. The summed E-state index contributed by atoms with van der Waals surface area (Å²) in [5.74, 6) is 1.01. The monoisotopic (exact) mass is 213 g/mol. The number of hydrogen-bond acceptors (Lipinski definition) is 1. The van der Waals surface area contributed by atoms with Crippen molar-refractivity contribution < 1.29 is 4.79 Å². The Morgan fingerprint density at radius 3 is 2.75 bits per heavy atom. The molecule has 1 aliphatic rings. The van der Waals surface area contributed by atoms with Gasteiger partial charge in [0.15, 0.2) is 0 Å². The third-order valence-corrected chi connectivity index (χ3v) is 3.59. The predicted octanol–water partition coefficient (Wildman–Crippen LogP) is 3.39. The first-order valence-corrected chi connectivity index (χ1v) is 5.92. The van der Waals surface area contributed by atoms with Crippen LogP contribution in [0.5, 0.6) is 0 Å². The summed E-state index contributed by atoms with van der Waals surface area (Å²) < 4.78 is 0. The molecule has 0 atom stereocenters. The Balaban J connectivity index is 1.90. The van der Waals surface area contributed by atoms with Gasteiger partial charge < -0.3 is 4.98 Å². The van der Waals surface area contributed by atoms with Gasteiger partial charge >= 0.3 is 0 Å². The van der Waals surface area contributed by atoms with Gasteiger partial charge in [-0.25, -0.2) is 0 Å². The molecular formula is C14H15NO. The molecule has 2 nitrogen and oxygen atoms in total. The molecule has 1 heterocycles. The minimum absolute atomic E-state index is 0.430. The molecule has 2 aromatic rings. The van der Waals surface area contributed by atoms with Gasteiger partial charge in [0, 0.05) is 24.6 Å². The summed E-state index contributed by atoms with van der Waals surface area (Å²) in [7, 11) is 0. The van der Waals surface area contributed by atoms with Crippen molar-refractivity contribution in [1.82, 2.24) is 4.98 Å². The zero-order valence-corrected chi connectivity index (χ0v) is 9.20. The molecule has 82 valence electrons. The molecule has 16 heavy (non-hydrogen) atoms.